The Bertz CT molecular complexity index is 458. The number of aliphatic hydroxyl groups excluding tert-OH is 1. The highest BCUT2D eigenvalue weighted by Gasteiger charge is 2.63. The molecule has 0 spiro atoms. The number of sulfone groups is 1. The molecule has 3 fully saturated rings. The molecule has 0 aromatic rings. The first-order chi connectivity index (χ1) is 7.84. The van der Waals surface area contributed by atoms with Gasteiger partial charge in [0.1, 0.15) is 0 Å². The van der Waals surface area contributed by atoms with Gasteiger partial charge in [-0.3, -0.25) is 4.79 Å². The van der Waals surface area contributed by atoms with E-state index in [-0.39, 0.29) is 11.5 Å². The van der Waals surface area contributed by atoms with Crippen LogP contribution in [-0.2, 0) is 14.6 Å². The molecule has 6 heteroatoms. The molecular weight excluding hydrogens is 244 g/mol. The lowest BCUT2D eigenvalue weighted by Gasteiger charge is -2.33. The predicted octanol–water partition coefficient (Wildman–Crippen LogP) is -0.107. The molecule has 2 N–H and O–H groups in total. The molecule has 17 heavy (non-hydrogen) atoms. The minimum absolute atomic E-state index is 0.167. The van der Waals surface area contributed by atoms with Gasteiger partial charge in [0.2, 0.25) is 0 Å². The van der Waals surface area contributed by atoms with Gasteiger partial charge in [0.15, 0.2) is 9.84 Å². The Balaban J connectivity index is 1.93. The van der Waals surface area contributed by atoms with E-state index in [0.717, 1.165) is 6.42 Å². The second-order valence-corrected chi connectivity index (χ2v) is 8.03. The third-order valence-corrected chi connectivity index (χ3v) is 6.50. The van der Waals surface area contributed by atoms with Crippen LogP contribution in [0.3, 0.4) is 0 Å². The standard InChI is InChI=1S/C11H16O5S/c12-9-5-17(15,16)4-8(9)11(10(13)14)2-6-1-7(6)3-11/h6-9,12H,1-5H2,(H,13,14). The molecule has 4 unspecified atom stereocenters. The Morgan fingerprint density at radius 3 is 2.18 bits per heavy atom. The van der Waals surface area contributed by atoms with E-state index in [4.69, 9.17) is 0 Å². The van der Waals surface area contributed by atoms with E-state index in [1.54, 1.807) is 0 Å². The van der Waals surface area contributed by atoms with Crippen LogP contribution in [0.4, 0.5) is 0 Å². The van der Waals surface area contributed by atoms with Crippen LogP contribution in [0.5, 0.6) is 0 Å². The van der Waals surface area contributed by atoms with Crippen molar-refractivity contribution < 1.29 is 23.4 Å². The minimum atomic E-state index is -3.27. The summed E-state index contributed by atoms with van der Waals surface area (Å²) in [6, 6.07) is 0. The fourth-order valence-corrected chi connectivity index (χ4v) is 5.80. The maximum Gasteiger partial charge on any atom is 0.310 e. The van der Waals surface area contributed by atoms with Gasteiger partial charge >= 0.3 is 5.97 Å². The Hall–Kier alpha value is -0.620. The first kappa shape index (κ1) is 11.5. The molecule has 3 aliphatic rings. The van der Waals surface area contributed by atoms with Crippen molar-refractivity contribution in [3.05, 3.63) is 0 Å². The number of aliphatic hydroxyl groups is 1. The van der Waals surface area contributed by atoms with Gasteiger partial charge in [-0.25, -0.2) is 8.42 Å². The molecule has 1 aliphatic heterocycles. The number of hydrogen-bond acceptors (Lipinski definition) is 4. The van der Waals surface area contributed by atoms with E-state index in [2.05, 4.69) is 0 Å². The van der Waals surface area contributed by atoms with Crippen molar-refractivity contribution >= 4 is 15.8 Å². The van der Waals surface area contributed by atoms with Crippen molar-refractivity contribution in [1.29, 1.82) is 0 Å². The van der Waals surface area contributed by atoms with E-state index in [9.17, 15) is 23.4 Å². The van der Waals surface area contributed by atoms with E-state index in [0.29, 0.717) is 24.7 Å². The first-order valence-electron chi connectivity index (χ1n) is 5.96. The molecule has 5 nitrogen and oxygen atoms in total. The van der Waals surface area contributed by atoms with E-state index in [1.807, 2.05) is 0 Å². The predicted molar refractivity (Wildman–Crippen MR) is 59.1 cm³/mol. The Labute approximate surface area is 99.7 Å². The third kappa shape index (κ3) is 1.61. The first-order valence-corrected chi connectivity index (χ1v) is 7.78. The number of carboxylic acid groups (broad SMARTS) is 1. The van der Waals surface area contributed by atoms with E-state index >= 15 is 0 Å². The molecule has 0 bridgehead atoms. The largest absolute Gasteiger partial charge is 0.481 e. The quantitative estimate of drug-likeness (QED) is 0.723. The number of carboxylic acids is 1. The Morgan fingerprint density at radius 2 is 1.76 bits per heavy atom. The van der Waals surface area contributed by atoms with Crippen LogP contribution < -0.4 is 0 Å². The van der Waals surface area contributed by atoms with Gasteiger partial charge in [0.05, 0.1) is 23.0 Å². The second kappa shape index (κ2) is 3.23. The van der Waals surface area contributed by atoms with E-state index < -0.39 is 33.2 Å². The molecule has 4 atom stereocenters. The van der Waals surface area contributed by atoms with Gasteiger partial charge in [-0.2, -0.15) is 0 Å². The lowest BCUT2D eigenvalue weighted by atomic mass is 9.70. The highest BCUT2D eigenvalue weighted by atomic mass is 32.2. The average molecular weight is 260 g/mol. The van der Waals surface area contributed by atoms with Crippen LogP contribution in [0.15, 0.2) is 0 Å². The summed E-state index contributed by atoms with van der Waals surface area (Å²) in [6.45, 7) is 0. The van der Waals surface area contributed by atoms with Gasteiger partial charge < -0.3 is 10.2 Å². The SMILES string of the molecule is O=C(O)C1(C2CS(=O)(=O)CC2O)CC2CC2C1. The zero-order valence-electron chi connectivity index (χ0n) is 9.37. The van der Waals surface area contributed by atoms with Crippen LogP contribution in [0.1, 0.15) is 19.3 Å². The van der Waals surface area contributed by atoms with Crippen molar-refractivity contribution in [2.75, 3.05) is 11.5 Å². The molecule has 1 heterocycles. The fourth-order valence-electron chi connectivity index (χ4n) is 3.82. The maximum absolute atomic E-state index is 11.5. The van der Waals surface area contributed by atoms with E-state index in [1.165, 1.54) is 0 Å². The van der Waals surface area contributed by atoms with Crippen molar-refractivity contribution in [1.82, 2.24) is 0 Å². The van der Waals surface area contributed by atoms with Crippen molar-refractivity contribution in [3.8, 4) is 0 Å². The van der Waals surface area contributed by atoms with Crippen molar-refractivity contribution in [3.63, 3.8) is 0 Å². The van der Waals surface area contributed by atoms with Gasteiger partial charge in [-0.1, -0.05) is 0 Å². The van der Waals surface area contributed by atoms with Gasteiger partial charge in [-0.05, 0) is 31.1 Å². The van der Waals surface area contributed by atoms with Crippen molar-refractivity contribution in [2.24, 2.45) is 23.2 Å². The Morgan fingerprint density at radius 1 is 1.18 bits per heavy atom. The summed E-state index contributed by atoms with van der Waals surface area (Å²) in [4.78, 5) is 11.5. The Kier molecular flexibility index (Phi) is 2.18. The van der Waals surface area contributed by atoms with Crippen LogP contribution >= 0.6 is 0 Å². The summed E-state index contributed by atoms with van der Waals surface area (Å²) in [6.07, 6.45) is 1.16. The number of fused-ring (bicyclic) bond motifs is 1. The molecule has 0 amide bonds. The summed E-state index contributed by atoms with van der Waals surface area (Å²) in [5.41, 5.74) is -0.990. The zero-order chi connectivity index (χ0) is 12.4. The third-order valence-electron chi connectivity index (χ3n) is 4.78. The van der Waals surface area contributed by atoms with Gasteiger partial charge in [0, 0.05) is 5.92 Å². The summed E-state index contributed by atoms with van der Waals surface area (Å²) < 4.78 is 23.0. The zero-order valence-corrected chi connectivity index (χ0v) is 10.2. The lowest BCUT2D eigenvalue weighted by Crippen LogP contribution is -2.43. The average Bonchev–Trinajstić information content (AvgIpc) is 2.69. The van der Waals surface area contributed by atoms with Crippen LogP contribution in [0.2, 0.25) is 0 Å². The molecule has 0 aromatic carbocycles. The molecule has 2 saturated carbocycles. The summed E-state index contributed by atoms with van der Waals surface area (Å²) in [7, 11) is -3.27. The highest BCUT2D eigenvalue weighted by molar-refractivity contribution is 7.91. The number of carbonyl (C=O) groups is 1. The highest BCUT2D eigenvalue weighted by Crippen LogP contribution is 2.63. The van der Waals surface area contributed by atoms with Crippen LogP contribution in [-0.4, -0.2) is 42.2 Å². The molecule has 96 valence electrons. The fraction of sp³-hybridized carbons (Fsp3) is 0.909. The molecule has 2 aliphatic carbocycles. The number of rotatable bonds is 2. The topological polar surface area (TPSA) is 91.7 Å². The van der Waals surface area contributed by atoms with Crippen LogP contribution in [0.25, 0.3) is 0 Å². The molecule has 3 rings (SSSR count). The maximum atomic E-state index is 11.5. The normalized spacial score (nSPS) is 51.1. The minimum Gasteiger partial charge on any atom is -0.481 e. The lowest BCUT2D eigenvalue weighted by molar-refractivity contribution is -0.155. The molecule has 1 saturated heterocycles. The summed E-state index contributed by atoms with van der Waals surface area (Å²) in [5, 5.41) is 19.3. The van der Waals surface area contributed by atoms with Crippen molar-refractivity contribution in [2.45, 2.75) is 25.4 Å². The smallest absolute Gasteiger partial charge is 0.310 e. The number of aliphatic carboxylic acids is 1. The molecular formula is C11H16O5S. The number of hydrogen-bond donors (Lipinski definition) is 2. The second-order valence-electron chi connectivity index (χ2n) is 5.88. The summed E-state index contributed by atoms with van der Waals surface area (Å²) >= 11 is 0. The molecule has 0 aromatic heterocycles. The van der Waals surface area contributed by atoms with Crippen LogP contribution in [0, 0.1) is 23.2 Å². The van der Waals surface area contributed by atoms with Gasteiger partial charge in [-0.15, -0.1) is 0 Å². The summed E-state index contributed by atoms with van der Waals surface area (Å²) in [5.74, 6) is -1.09. The molecule has 0 radical (unpaired) electrons. The monoisotopic (exact) mass is 260 g/mol. The van der Waals surface area contributed by atoms with Gasteiger partial charge in [0.25, 0.3) is 0 Å².